The molecule has 1 N–H and O–H groups in total. The van der Waals surface area contributed by atoms with E-state index in [1.807, 2.05) is 11.8 Å². The lowest BCUT2D eigenvalue weighted by atomic mass is 9.95. The Balaban J connectivity index is 2.80. The van der Waals surface area contributed by atoms with E-state index < -0.39 is 0 Å². The second-order valence-electron chi connectivity index (χ2n) is 6.19. The lowest BCUT2D eigenvalue weighted by molar-refractivity contribution is -0.135. The maximum atomic E-state index is 12.6. The number of hydrogen-bond acceptors (Lipinski definition) is 2. The molecule has 1 aliphatic rings. The molecule has 1 rings (SSSR count). The zero-order chi connectivity index (χ0) is 14.6. The Morgan fingerprint density at radius 1 is 1.26 bits per heavy atom. The van der Waals surface area contributed by atoms with Crippen molar-refractivity contribution in [3.8, 4) is 0 Å². The molecule has 110 valence electrons. The Morgan fingerprint density at radius 2 is 1.89 bits per heavy atom. The fourth-order valence-corrected chi connectivity index (χ4v) is 2.21. The van der Waals surface area contributed by atoms with Gasteiger partial charge in [0.25, 0.3) is 0 Å². The molecule has 1 saturated heterocycles. The summed E-state index contributed by atoms with van der Waals surface area (Å²) in [5, 5.41) is 2.88. The Labute approximate surface area is 116 Å². The van der Waals surface area contributed by atoms with Crippen molar-refractivity contribution in [1.29, 1.82) is 0 Å². The van der Waals surface area contributed by atoms with Crippen LogP contribution in [-0.2, 0) is 9.59 Å². The number of hydrogen-bond donors (Lipinski definition) is 1. The van der Waals surface area contributed by atoms with E-state index in [2.05, 4.69) is 33.0 Å². The van der Waals surface area contributed by atoms with Gasteiger partial charge in [-0.2, -0.15) is 0 Å². The highest BCUT2D eigenvalue weighted by atomic mass is 16.2. The quantitative estimate of drug-likeness (QED) is 0.829. The van der Waals surface area contributed by atoms with Gasteiger partial charge < -0.3 is 10.2 Å². The highest BCUT2D eigenvalue weighted by Gasteiger charge is 2.33. The minimum Gasteiger partial charge on any atom is -0.344 e. The van der Waals surface area contributed by atoms with Crippen LogP contribution in [0.25, 0.3) is 0 Å². The van der Waals surface area contributed by atoms with E-state index in [1.165, 1.54) is 0 Å². The van der Waals surface area contributed by atoms with Crippen molar-refractivity contribution in [1.82, 2.24) is 10.2 Å². The van der Waals surface area contributed by atoms with Crippen LogP contribution in [0.5, 0.6) is 0 Å². The standard InChI is InChI=1S/C15H28N2O2/c1-6-11(4)14-15(19)17(8-7-13(18)16-14)9-12(5)10(2)3/h10-12,14H,6-9H2,1-5H3,(H,16,18). The Morgan fingerprint density at radius 3 is 2.42 bits per heavy atom. The molecule has 0 saturated carbocycles. The minimum atomic E-state index is -0.348. The molecule has 0 bridgehead atoms. The van der Waals surface area contributed by atoms with Gasteiger partial charge in [-0.25, -0.2) is 0 Å². The average Bonchev–Trinajstić information content (AvgIpc) is 2.50. The van der Waals surface area contributed by atoms with Gasteiger partial charge in [0.1, 0.15) is 6.04 Å². The second-order valence-corrected chi connectivity index (χ2v) is 6.19. The van der Waals surface area contributed by atoms with Crippen LogP contribution in [-0.4, -0.2) is 35.8 Å². The first kappa shape index (κ1) is 16.0. The predicted octanol–water partition coefficient (Wildman–Crippen LogP) is 2.04. The third kappa shape index (κ3) is 4.22. The van der Waals surface area contributed by atoms with Crippen LogP contribution in [0, 0.1) is 17.8 Å². The maximum absolute atomic E-state index is 12.6. The van der Waals surface area contributed by atoms with Crippen LogP contribution in [0.1, 0.15) is 47.5 Å². The predicted molar refractivity (Wildman–Crippen MR) is 76.6 cm³/mol. The Bertz CT molecular complexity index is 328. The van der Waals surface area contributed by atoms with E-state index in [-0.39, 0.29) is 23.8 Å². The van der Waals surface area contributed by atoms with E-state index in [0.717, 1.165) is 13.0 Å². The summed E-state index contributed by atoms with van der Waals surface area (Å²) < 4.78 is 0. The number of nitrogens with zero attached hydrogens (tertiary/aromatic N) is 1. The smallest absolute Gasteiger partial charge is 0.245 e. The van der Waals surface area contributed by atoms with Gasteiger partial charge in [0.2, 0.25) is 11.8 Å². The fraction of sp³-hybridized carbons (Fsp3) is 0.867. The molecule has 0 aliphatic carbocycles. The van der Waals surface area contributed by atoms with Crippen LogP contribution in [0.2, 0.25) is 0 Å². The van der Waals surface area contributed by atoms with Gasteiger partial charge in [-0.3, -0.25) is 9.59 Å². The number of carbonyl (C=O) groups excluding carboxylic acids is 2. The van der Waals surface area contributed by atoms with Gasteiger partial charge >= 0.3 is 0 Å². The normalized spacial score (nSPS) is 24.1. The number of amides is 2. The molecule has 0 aromatic heterocycles. The van der Waals surface area contributed by atoms with Crippen molar-refractivity contribution in [3.63, 3.8) is 0 Å². The number of nitrogens with one attached hydrogen (secondary N) is 1. The van der Waals surface area contributed by atoms with Crippen LogP contribution >= 0.6 is 0 Å². The Kier molecular flexibility index (Phi) is 5.83. The van der Waals surface area contributed by atoms with Crippen LogP contribution < -0.4 is 5.32 Å². The molecule has 0 aromatic rings. The summed E-state index contributed by atoms with van der Waals surface area (Å²) in [7, 11) is 0. The summed E-state index contributed by atoms with van der Waals surface area (Å²) in [6.45, 7) is 11.9. The summed E-state index contributed by atoms with van der Waals surface area (Å²) >= 11 is 0. The largest absolute Gasteiger partial charge is 0.344 e. The molecule has 3 unspecified atom stereocenters. The molecule has 4 heteroatoms. The molecule has 0 radical (unpaired) electrons. The zero-order valence-electron chi connectivity index (χ0n) is 12.9. The molecular formula is C15H28N2O2. The van der Waals surface area contributed by atoms with E-state index >= 15 is 0 Å². The Hall–Kier alpha value is -1.06. The molecule has 0 aromatic carbocycles. The van der Waals surface area contributed by atoms with E-state index in [0.29, 0.717) is 24.8 Å². The van der Waals surface area contributed by atoms with Gasteiger partial charge in [-0.05, 0) is 17.8 Å². The maximum Gasteiger partial charge on any atom is 0.245 e. The molecule has 19 heavy (non-hydrogen) atoms. The first-order valence-electron chi connectivity index (χ1n) is 7.44. The van der Waals surface area contributed by atoms with Crippen molar-refractivity contribution in [2.24, 2.45) is 17.8 Å². The van der Waals surface area contributed by atoms with Gasteiger partial charge in [-0.15, -0.1) is 0 Å². The number of rotatable bonds is 5. The van der Waals surface area contributed by atoms with Gasteiger partial charge in [0.05, 0.1) is 0 Å². The molecular weight excluding hydrogens is 240 g/mol. The summed E-state index contributed by atoms with van der Waals surface area (Å²) in [6.07, 6.45) is 1.31. The van der Waals surface area contributed by atoms with Crippen molar-refractivity contribution in [2.75, 3.05) is 13.1 Å². The average molecular weight is 268 g/mol. The van der Waals surface area contributed by atoms with Crippen molar-refractivity contribution in [3.05, 3.63) is 0 Å². The molecule has 1 aliphatic heterocycles. The van der Waals surface area contributed by atoms with Crippen molar-refractivity contribution < 1.29 is 9.59 Å². The first-order chi connectivity index (χ1) is 8.86. The van der Waals surface area contributed by atoms with Gasteiger partial charge in [0.15, 0.2) is 0 Å². The minimum absolute atomic E-state index is 0.00153. The third-order valence-corrected chi connectivity index (χ3v) is 4.36. The van der Waals surface area contributed by atoms with E-state index in [9.17, 15) is 9.59 Å². The van der Waals surface area contributed by atoms with Crippen molar-refractivity contribution >= 4 is 11.8 Å². The van der Waals surface area contributed by atoms with Gasteiger partial charge in [-0.1, -0.05) is 41.0 Å². The molecule has 1 heterocycles. The van der Waals surface area contributed by atoms with E-state index in [4.69, 9.17) is 0 Å². The van der Waals surface area contributed by atoms with Crippen LogP contribution in [0.15, 0.2) is 0 Å². The topological polar surface area (TPSA) is 49.4 Å². The van der Waals surface area contributed by atoms with Crippen molar-refractivity contribution in [2.45, 2.75) is 53.5 Å². The highest BCUT2D eigenvalue weighted by molar-refractivity contribution is 5.90. The SMILES string of the molecule is CCC(C)C1NC(=O)CCN(CC(C)C(C)C)C1=O. The summed E-state index contributed by atoms with van der Waals surface area (Å²) in [4.78, 5) is 26.2. The zero-order valence-corrected chi connectivity index (χ0v) is 12.9. The van der Waals surface area contributed by atoms with E-state index in [1.54, 1.807) is 0 Å². The molecule has 3 atom stereocenters. The monoisotopic (exact) mass is 268 g/mol. The highest BCUT2D eigenvalue weighted by Crippen LogP contribution is 2.18. The summed E-state index contributed by atoms with van der Waals surface area (Å²) in [5.74, 6) is 1.27. The molecule has 0 spiro atoms. The molecule has 1 fully saturated rings. The number of carbonyl (C=O) groups is 2. The second kappa shape index (κ2) is 6.92. The van der Waals surface area contributed by atoms with Crippen LogP contribution in [0.4, 0.5) is 0 Å². The third-order valence-electron chi connectivity index (χ3n) is 4.36. The molecule has 4 nitrogen and oxygen atoms in total. The lowest BCUT2D eigenvalue weighted by Crippen LogP contribution is -2.49. The first-order valence-corrected chi connectivity index (χ1v) is 7.44. The summed E-state index contributed by atoms with van der Waals surface area (Å²) in [6, 6.07) is -0.348. The lowest BCUT2D eigenvalue weighted by Gasteiger charge is -2.30. The van der Waals surface area contributed by atoms with Crippen LogP contribution in [0.3, 0.4) is 0 Å². The fourth-order valence-electron chi connectivity index (χ4n) is 2.21. The van der Waals surface area contributed by atoms with Gasteiger partial charge in [0, 0.05) is 19.5 Å². The molecule has 2 amide bonds. The summed E-state index contributed by atoms with van der Waals surface area (Å²) in [5.41, 5.74) is 0.